The van der Waals surface area contributed by atoms with Crippen LogP contribution in [0.5, 0.6) is 0 Å². The van der Waals surface area contributed by atoms with Gasteiger partial charge in [0, 0.05) is 5.41 Å². The molecule has 0 atom stereocenters. The maximum Gasteiger partial charge on any atom is 0.234 e. The molecule has 0 aliphatic rings. The van der Waals surface area contributed by atoms with Crippen molar-refractivity contribution in [3.8, 4) is 0 Å². The fourth-order valence-corrected chi connectivity index (χ4v) is 1.66. The van der Waals surface area contributed by atoms with Crippen LogP contribution < -0.4 is 4.72 Å². The van der Waals surface area contributed by atoms with Crippen LogP contribution in [0, 0.1) is 0 Å². The molecule has 80 valence electrons. The Morgan fingerprint density at radius 1 is 1.20 bits per heavy atom. The van der Waals surface area contributed by atoms with E-state index in [2.05, 4.69) is 4.72 Å². The molecular weight excluding hydrogens is 214 g/mol. The summed E-state index contributed by atoms with van der Waals surface area (Å²) in [6.45, 7) is -0.207. The average Bonchev–Trinajstić information content (AvgIpc) is 2.25. The Kier molecular flexibility index (Phi) is 4.20. The monoisotopic (exact) mass is 225 g/mol. The van der Waals surface area contributed by atoms with Crippen LogP contribution in [0.2, 0.25) is 0 Å². The Bertz CT molecular complexity index is 437. The average molecular weight is 225 g/mol. The number of aldehydes is 1. The zero-order chi connectivity index (χ0) is 11.1. The highest BCUT2D eigenvalue weighted by atomic mass is 32.2. The Balaban J connectivity index is 2.69. The van der Waals surface area contributed by atoms with Crippen LogP contribution in [0.4, 0.5) is 0 Å². The molecule has 1 aromatic rings. The minimum Gasteiger partial charge on any atom is -0.302 e. The van der Waals surface area contributed by atoms with Gasteiger partial charge in [-0.05, 0) is 11.6 Å². The number of rotatable bonds is 5. The number of benzene rings is 1. The molecule has 15 heavy (non-hydrogen) atoms. The maximum absolute atomic E-state index is 11.2. The van der Waals surface area contributed by atoms with E-state index in [-0.39, 0.29) is 6.54 Å². The van der Waals surface area contributed by atoms with E-state index in [0.29, 0.717) is 6.29 Å². The van der Waals surface area contributed by atoms with Gasteiger partial charge in [-0.3, -0.25) is 0 Å². The summed E-state index contributed by atoms with van der Waals surface area (Å²) in [5, 5.41) is 1.03. The van der Waals surface area contributed by atoms with E-state index in [1.807, 2.05) is 18.2 Å². The first kappa shape index (κ1) is 11.6. The lowest BCUT2D eigenvalue weighted by molar-refractivity contribution is -0.106. The highest BCUT2D eigenvalue weighted by Gasteiger charge is 2.02. The van der Waals surface area contributed by atoms with E-state index in [1.165, 1.54) is 6.08 Å². The van der Waals surface area contributed by atoms with Crippen molar-refractivity contribution in [1.29, 1.82) is 0 Å². The maximum atomic E-state index is 11.2. The second-order valence-corrected chi connectivity index (χ2v) is 4.42. The highest BCUT2D eigenvalue weighted by molar-refractivity contribution is 7.92. The summed E-state index contributed by atoms with van der Waals surface area (Å²) in [6.07, 6.45) is 1.96. The van der Waals surface area contributed by atoms with E-state index in [1.54, 1.807) is 12.1 Å². The summed E-state index contributed by atoms with van der Waals surface area (Å²) in [6, 6.07) is 9.03. The van der Waals surface area contributed by atoms with Crippen LogP contribution in [0.3, 0.4) is 0 Å². The van der Waals surface area contributed by atoms with Gasteiger partial charge in [0.15, 0.2) is 0 Å². The van der Waals surface area contributed by atoms with Gasteiger partial charge in [0.2, 0.25) is 10.0 Å². The molecule has 0 fully saturated rings. The number of nitrogens with one attached hydrogen (secondary N) is 1. The Morgan fingerprint density at radius 3 is 2.47 bits per heavy atom. The van der Waals surface area contributed by atoms with E-state index in [9.17, 15) is 13.2 Å². The summed E-state index contributed by atoms with van der Waals surface area (Å²) < 4.78 is 24.5. The van der Waals surface area contributed by atoms with Crippen molar-refractivity contribution in [3.63, 3.8) is 0 Å². The molecule has 4 nitrogen and oxygen atoms in total. The molecular formula is C10H11NO3S. The lowest BCUT2D eigenvalue weighted by Gasteiger charge is -1.96. The molecule has 0 spiro atoms. The first-order chi connectivity index (χ1) is 7.14. The van der Waals surface area contributed by atoms with E-state index in [0.717, 1.165) is 11.0 Å². The number of sulfonamides is 1. The molecule has 0 aliphatic carbocycles. The third kappa shape index (κ3) is 4.53. The topological polar surface area (TPSA) is 63.2 Å². The molecule has 0 saturated carbocycles. The van der Waals surface area contributed by atoms with Gasteiger partial charge in [-0.25, -0.2) is 13.1 Å². The Morgan fingerprint density at radius 2 is 1.87 bits per heavy atom. The molecule has 0 aliphatic heterocycles. The number of carbonyl (C=O) groups is 1. The van der Waals surface area contributed by atoms with Gasteiger partial charge >= 0.3 is 0 Å². The lowest BCUT2D eigenvalue weighted by Crippen LogP contribution is -2.22. The van der Waals surface area contributed by atoms with E-state index < -0.39 is 10.0 Å². The normalized spacial score (nSPS) is 11.7. The molecule has 0 saturated heterocycles. The molecule has 5 heteroatoms. The van der Waals surface area contributed by atoms with Crippen molar-refractivity contribution in [1.82, 2.24) is 4.72 Å². The summed E-state index contributed by atoms with van der Waals surface area (Å²) in [4.78, 5) is 9.97. The zero-order valence-electron chi connectivity index (χ0n) is 7.96. The van der Waals surface area contributed by atoms with Gasteiger partial charge < -0.3 is 4.79 Å². The van der Waals surface area contributed by atoms with Crippen LogP contribution in [-0.4, -0.2) is 21.2 Å². The summed E-state index contributed by atoms with van der Waals surface area (Å²) in [5.41, 5.74) is 0.786. The molecule has 1 N–H and O–H groups in total. The van der Waals surface area contributed by atoms with Crippen LogP contribution in [0.1, 0.15) is 5.56 Å². The fraction of sp³-hybridized carbons (Fsp3) is 0.100. The third-order valence-corrected chi connectivity index (χ3v) is 2.67. The van der Waals surface area contributed by atoms with Crippen molar-refractivity contribution in [2.45, 2.75) is 0 Å². The predicted molar refractivity (Wildman–Crippen MR) is 58.5 cm³/mol. The van der Waals surface area contributed by atoms with E-state index >= 15 is 0 Å². The second kappa shape index (κ2) is 5.43. The van der Waals surface area contributed by atoms with Gasteiger partial charge in [-0.15, -0.1) is 0 Å². The summed E-state index contributed by atoms with van der Waals surface area (Å²) in [7, 11) is -3.50. The number of carbonyl (C=O) groups excluding carboxylic acids is 1. The van der Waals surface area contributed by atoms with Gasteiger partial charge in [0.1, 0.15) is 6.29 Å². The van der Waals surface area contributed by atoms with Crippen LogP contribution in [-0.2, 0) is 14.8 Å². The van der Waals surface area contributed by atoms with Gasteiger partial charge in [0.25, 0.3) is 0 Å². The van der Waals surface area contributed by atoms with Crippen molar-refractivity contribution in [2.75, 3.05) is 6.54 Å². The molecule has 0 bridgehead atoms. The highest BCUT2D eigenvalue weighted by Crippen LogP contribution is 2.02. The van der Waals surface area contributed by atoms with Gasteiger partial charge in [0.05, 0.1) is 6.54 Å². The number of hydrogen-bond acceptors (Lipinski definition) is 3. The minimum atomic E-state index is -3.50. The molecule has 0 radical (unpaired) electrons. The van der Waals surface area contributed by atoms with Crippen molar-refractivity contribution >= 4 is 22.4 Å². The van der Waals surface area contributed by atoms with Crippen molar-refractivity contribution in [3.05, 3.63) is 41.3 Å². The summed E-state index contributed by atoms with van der Waals surface area (Å²) in [5.74, 6) is 0. The molecule has 0 amide bonds. The molecule has 1 aromatic carbocycles. The molecule has 0 heterocycles. The number of hydrogen-bond donors (Lipinski definition) is 1. The van der Waals surface area contributed by atoms with Crippen LogP contribution in [0.25, 0.3) is 6.08 Å². The summed E-state index contributed by atoms with van der Waals surface area (Å²) >= 11 is 0. The van der Waals surface area contributed by atoms with Crippen LogP contribution >= 0.6 is 0 Å². The zero-order valence-corrected chi connectivity index (χ0v) is 8.78. The standard InChI is InChI=1S/C10H11NO3S/c12-8-7-11-15(13,14)9-6-10-4-2-1-3-5-10/h1-6,8-9,11H,7H2. The van der Waals surface area contributed by atoms with Gasteiger partial charge in [-0.2, -0.15) is 0 Å². The smallest absolute Gasteiger partial charge is 0.234 e. The Hall–Kier alpha value is -1.46. The predicted octanol–water partition coefficient (Wildman–Crippen LogP) is 0.776. The van der Waals surface area contributed by atoms with Crippen molar-refractivity contribution < 1.29 is 13.2 Å². The fourth-order valence-electron chi connectivity index (χ4n) is 0.931. The molecule has 0 aromatic heterocycles. The van der Waals surface area contributed by atoms with Gasteiger partial charge in [-0.1, -0.05) is 30.3 Å². The third-order valence-electron chi connectivity index (χ3n) is 1.61. The van der Waals surface area contributed by atoms with Crippen LogP contribution in [0.15, 0.2) is 35.7 Å². The van der Waals surface area contributed by atoms with E-state index in [4.69, 9.17) is 0 Å². The largest absolute Gasteiger partial charge is 0.302 e. The first-order valence-electron chi connectivity index (χ1n) is 4.30. The molecule has 0 unspecified atom stereocenters. The lowest BCUT2D eigenvalue weighted by atomic mass is 10.2. The SMILES string of the molecule is O=CCNS(=O)(=O)C=Cc1ccccc1. The minimum absolute atomic E-state index is 0.207. The molecule has 1 rings (SSSR count). The first-order valence-corrected chi connectivity index (χ1v) is 5.85. The quantitative estimate of drug-likeness (QED) is 0.753. The second-order valence-electron chi connectivity index (χ2n) is 2.77. The van der Waals surface area contributed by atoms with Crippen molar-refractivity contribution in [2.24, 2.45) is 0 Å². The Labute approximate surface area is 88.7 Å².